The summed E-state index contributed by atoms with van der Waals surface area (Å²) in [4.78, 5) is 12.9. The number of carbonyl (C=O) groups excluding carboxylic acids is 1. The lowest BCUT2D eigenvalue weighted by Crippen LogP contribution is -2.39. The molecule has 2 saturated heterocycles. The Morgan fingerprint density at radius 3 is 3.00 bits per heavy atom. The maximum Gasteiger partial charge on any atom is 0.410 e. The van der Waals surface area contributed by atoms with Gasteiger partial charge in [-0.15, -0.1) is 0 Å². The molecular weight excluding hydrogens is 186 g/mol. The van der Waals surface area contributed by atoms with Crippen molar-refractivity contribution in [2.75, 3.05) is 33.0 Å². The summed E-state index contributed by atoms with van der Waals surface area (Å²) in [6.45, 7) is 2.41. The Balaban J connectivity index is 1.90. The number of ether oxygens (including phenoxy) is 2. The highest BCUT2D eigenvalue weighted by Crippen LogP contribution is 2.19. The molecule has 0 radical (unpaired) electrons. The molecule has 80 valence electrons. The fourth-order valence-electron chi connectivity index (χ4n) is 1.87. The van der Waals surface area contributed by atoms with Crippen LogP contribution in [0.4, 0.5) is 4.79 Å². The first-order valence-corrected chi connectivity index (χ1v) is 4.93. The third-order valence-corrected chi connectivity index (χ3v) is 2.76. The van der Waals surface area contributed by atoms with E-state index < -0.39 is 0 Å². The van der Waals surface area contributed by atoms with Crippen LogP contribution in [0.1, 0.15) is 6.42 Å². The molecule has 2 heterocycles. The van der Waals surface area contributed by atoms with Gasteiger partial charge in [0, 0.05) is 19.1 Å². The molecule has 2 aliphatic rings. The molecule has 1 N–H and O–H groups in total. The van der Waals surface area contributed by atoms with Gasteiger partial charge in [0.25, 0.3) is 0 Å². The zero-order chi connectivity index (χ0) is 9.97. The fraction of sp³-hybridized carbons (Fsp3) is 0.889. The molecule has 0 saturated carbocycles. The average Bonchev–Trinajstić information content (AvgIpc) is 2.79. The van der Waals surface area contributed by atoms with Crippen LogP contribution < -0.4 is 0 Å². The van der Waals surface area contributed by atoms with Gasteiger partial charge in [-0.25, -0.2) is 4.79 Å². The molecule has 1 amide bonds. The molecule has 5 nitrogen and oxygen atoms in total. The predicted molar refractivity (Wildman–Crippen MR) is 47.9 cm³/mol. The van der Waals surface area contributed by atoms with E-state index in [4.69, 9.17) is 14.6 Å². The summed E-state index contributed by atoms with van der Waals surface area (Å²) in [6.07, 6.45) is 0.679. The zero-order valence-electron chi connectivity index (χ0n) is 8.02. The number of aliphatic hydroxyl groups excluding tert-OH is 1. The Hall–Kier alpha value is -0.810. The summed E-state index contributed by atoms with van der Waals surface area (Å²) in [5.41, 5.74) is 0. The number of rotatable bonds is 3. The number of carbonyl (C=O) groups is 1. The summed E-state index contributed by atoms with van der Waals surface area (Å²) in [6, 6.07) is -0.164. The molecule has 2 aliphatic heterocycles. The van der Waals surface area contributed by atoms with Crippen molar-refractivity contribution < 1.29 is 19.4 Å². The number of hydrogen-bond acceptors (Lipinski definition) is 4. The van der Waals surface area contributed by atoms with Crippen LogP contribution in [0.5, 0.6) is 0 Å². The first-order chi connectivity index (χ1) is 6.81. The van der Waals surface area contributed by atoms with E-state index in [1.54, 1.807) is 4.90 Å². The van der Waals surface area contributed by atoms with Gasteiger partial charge in [-0.05, 0) is 6.42 Å². The van der Waals surface area contributed by atoms with Crippen molar-refractivity contribution in [2.45, 2.75) is 12.5 Å². The third kappa shape index (κ3) is 1.83. The van der Waals surface area contributed by atoms with Gasteiger partial charge in [-0.3, -0.25) is 4.90 Å². The predicted octanol–water partition coefficient (Wildman–Crippen LogP) is -0.164. The van der Waals surface area contributed by atoms with Crippen LogP contribution in [0, 0.1) is 5.92 Å². The molecule has 0 spiro atoms. The van der Waals surface area contributed by atoms with Crippen molar-refractivity contribution in [3.63, 3.8) is 0 Å². The van der Waals surface area contributed by atoms with Crippen LogP contribution in [0.2, 0.25) is 0 Å². The van der Waals surface area contributed by atoms with E-state index in [-0.39, 0.29) is 18.7 Å². The van der Waals surface area contributed by atoms with Gasteiger partial charge in [0.2, 0.25) is 0 Å². The molecule has 14 heavy (non-hydrogen) atoms. The molecule has 5 heteroatoms. The van der Waals surface area contributed by atoms with Gasteiger partial charge < -0.3 is 14.6 Å². The van der Waals surface area contributed by atoms with Gasteiger partial charge in [-0.2, -0.15) is 0 Å². The molecule has 2 rings (SSSR count). The van der Waals surface area contributed by atoms with E-state index in [1.807, 2.05) is 0 Å². The molecule has 0 aromatic heterocycles. The van der Waals surface area contributed by atoms with Crippen LogP contribution in [0.3, 0.4) is 0 Å². The Morgan fingerprint density at radius 1 is 1.50 bits per heavy atom. The minimum Gasteiger partial charge on any atom is -0.447 e. The number of aliphatic hydroxyl groups is 1. The minimum absolute atomic E-state index is 0.0285. The molecular formula is C9H15NO4. The van der Waals surface area contributed by atoms with E-state index in [0.29, 0.717) is 25.7 Å². The van der Waals surface area contributed by atoms with Crippen LogP contribution in [-0.4, -0.2) is 55.1 Å². The molecule has 2 atom stereocenters. The SMILES string of the molecule is O=C1OCC(CO)N1CC1CCOC1. The second-order valence-electron chi connectivity index (χ2n) is 3.80. The average molecular weight is 201 g/mol. The van der Waals surface area contributed by atoms with Crippen molar-refractivity contribution in [1.82, 2.24) is 4.90 Å². The highest BCUT2D eigenvalue weighted by Gasteiger charge is 2.34. The molecule has 0 aromatic rings. The van der Waals surface area contributed by atoms with Gasteiger partial charge in [0.1, 0.15) is 6.61 Å². The van der Waals surface area contributed by atoms with E-state index >= 15 is 0 Å². The van der Waals surface area contributed by atoms with Crippen molar-refractivity contribution in [3.8, 4) is 0 Å². The fourth-order valence-corrected chi connectivity index (χ4v) is 1.87. The van der Waals surface area contributed by atoms with Crippen LogP contribution in [-0.2, 0) is 9.47 Å². The second-order valence-corrected chi connectivity index (χ2v) is 3.80. The monoisotopic (exact) mass is 201 g/mol. The number of nitrogens with zero attached hydrogens (tertiary/aromatic N) is 1. The third-order valence-electron chi connectivity index (χ3n) is 2.76. The van der Waals surface area contributed by atoms with Crippen molar-refractivity contribution in [3.05, 3.63) is 0 Å². The van der Waals surface area contributed by atoms with E-state index in [0.717, 1.165) is 13.0 Å². The van der Waals surface area contributed by atoms with Crippen molar-refractivity contribution >= 4 is 6.09 Å². The number of amides is 1. The van der Waals surface area contributed by atoms with Crippen LogP contribution >= 0.6 is 0 Å². The molecule has 0 aromatic carbocycles. The lowest BCUT2D eigenvalue weighted by atomic mass is 10.1. The van der Waals surface area contributed by atoms with Gasteiger partial charge >= 0.3 is 6.09 Å². The highest BCUT2D eigenvalue weighted by molar-refractivity contribution is 5.70. The van der Waals surface area contributed by atoms with Gasteiger partial charge in [0.15, 0.2) is 0 Å². The second kappa shape index (κ2) is 4.14. The minimum atomic E-state index is -0.309. The Morgan fingerprint density at radius 2 is 2.36 bits per heavy atom. The first kappa shape index (κ1) is 9.73. The maximum absolute atomic E-state index is 11.3. The molecule has 0 bridgehead atoms. The van der Waals surface area contributed by atoms with E-state index in [2.05, 4.69) is 0 Å². The Kier molecular flexibility index (Phi) is 2.88. The normalized spacial score (nSPS) is 32.4. The van der Waals surface area contributed by atoms with Gasteiger partial charge in [0.05, 0.1) is 19.3 Å². The smallest absolute Gasteiger partial charge is 0.410 e. The molecule has 2 unspecified atom stereocenters. The standard InChI is InChI=1S/C9H15NO4/c11-4-8-6-14-9(12)10(8)3-7-1-2-13-5-7/h7-8,11H,1-6H2. The first-order valence-electron chi connectivity index (χ1n) is 4.93. The van der Waals surface area contributed by atoms with Crippen LogP contribution in [0.25, 0.3) is 0 Å². The topological polar surface area (TPSA) is 59.0 Å². The van der Waals surface area contributed by atoms with Crippen molar-refractivity contribution in [1.29, 1.82) is 0 Å². The zero-order valence-corrected chi connectivity index (χ0v) is 8.02. The van der Waals surface area contributed by atoms with E-state index in [9.17, 15) is 4.79 Å². The van der Waals surface area contributed by atoms with Gasteiger partial charge in [-0.1, -0.05) is 0 Å². The number of cyclic esters (lactones) is 1. The number of hydrogen-bond donors (Lipinski definition) is 1. The summed E-state index contributed by atoms with van der Waals surface area (Å²) < 4.78 is 10.1. The van der Waals surface area contributed by atoms with Crippen molar-refractivity contribution in [2.24, 2.45) is 5.92 Å². The Labute approximate surface area is 82.6 Å². The maximum atomic E-state index is 11.3. The summed E-state index contributed by atoms with van der Waals surface area (Å²) >= 11 is 0. The summed E-state index contributed by atoms with van der Waals surface area (Å²) in [7, 11) is 0. The molecule has 2 fully saturated rings. The molecule has 0 aliphatic carbocycles. The lowest BCUT2D eigenvalue weighted by Gasteiger charge is -2.22. The highest BCUT2D eigenvalue weighted by atomic mass is 16.6. The summed E-state index contributed by atoms with van der Waals surface area (Å²) in [5, 5.41) is 9.02. The summed E-state index contributed by atoms with van der Waals surface area (Å²) in [5.74, 6) is 0.398. The van der Waals surface area contributed by atoms with E-state index in [1.165, 1.54) is 0 Å². The largest absolute Gasteiger partial charge is 0.447 e. The quantitative estimate of drug-likeness (QED) is 0.689. The Bertz CT molecular complexity index is 215. The van der Waals surface area contributed by atoms with Crippen LogP contribution in [0.15, 0.2) is 0 Å². The lowest BCUT2D eigenvalue weighted by molar-refractivity contribution is 0.136.